The van der Waals surface area contributed by atoms with Gasteiger partial charge in [0.25, 0.3) is 0 Å². The molecule has 5 nitrogen and oxygen atoms in total. The van der Waals surface area contributed by atoms with Crippen molar-refractivity contribution in [3.8, 4) is 0 Å². The minimum atomic E-state index is -1.02. The molecule has 0 aliphatic heterocycles. The predicted molar refractivity (Wildman–Crippen MR) is 66.8 cm³/mol. The van der Waals surface area contributed by atoms with Crippen molar-refractivity contribution in [2.75, 3.05) is 0 Å². The normalized spacial score (nSPS) is 15.1. The van der Waals surface area contributed by atoms with E-state index < -0.39 is 23.7 Å². The largest absolute Gasteiger partial charge is 0.480 e. The first kappa shape index (κ1) is 14.4. The molecule has 2 atom stereocenters. The highest BCUT2D eigenvalue weighted by molar-refractivity contribution is 5.77. The summed E-state index contributed by atoms with van der Waals surface area (Å²) >= 11 is 0. The van der Waals surface area contributed by atoms with Crippen LogP contribution in [0.15, 0.2) is 18.3 Å². The first-order valence-electron chi connectivity index (χ1n) is 5.79. The van der Waals surface area contributed by atoms with E-state index in [1.165, 1.54) is 4.57 Å². The molecule has 0 spiro atoms. The van der Waals surface area contributed by atoms with Crippen LogP contribution in [0.2, 0.25) is 0 Å². The SMILES string of the molecule is C[C@@H](OC(C)(C)C)[C@@H](C(=O)O)n1cccc1C=O. The minimum Gasteiger partial charge on any atom is -0.480 e. The Morgan fingerprint density at radius 1 is 1.50 bits per heavy atom. The summed E-state index contributed by atoms with van der Waals surface area (Å²) in [5, 5.41) is 9.32. The number of aromatic nitrogens is 1. The van der Waals surface area contributed by atoms with Gasteiger partial charge in [-0.3, -0.25) is 4.79 Å². The summed E-state index contributed by atoms with van der Waals surface area (Å²) in [6.45, 7) is 7.27. The molecule has 0 aliphatic rings. The fraction of sp³-hybridized carbons (Fsp3) is 0.538. The topological polar surface area (TPSA) is 68.5 Å². The van der Waals surface area contributed by atoms with Gasteiger partial charge in [-0.1, -0.05) is 0 Å². The van der Waals surface area contributed by atoms with Gasteiger partial charge < -0.3 is 14.4 Å². The summed E-state index contributed by atoms with van der Waals surface area (Å²) in [5.74, 6) is -1.02. The molecule has 1 aromatic heterocycles. The molecule has 0 fully saturated rings. The summed E-state index contributed by atoms with van der Waals surface area (Å²) in [5.41, 5.74) is -0.117. The highest BCUT2D eigenvalue weighted by Crippen LogP contribution is 2.22. The molecule has 5 heteroatoms. The summed E-state index contributed by atoms with van der Waals surface area (Å²) in [6, 6.07) is 2.30. The molecule has 1 rings (SSSR count). The highest BCUT2D eigenvalue weighted by atomic mass is 16.5. The number of rotatable bonds is 5. The van der Waals surface area contributed by atoms with Gasteiger partial charge >= 0.3 is 5.97 Å². The maximum Gasteiger partial charge on any atom is 0.329 e. The first-order chi connectivity index (χ1) is 8.26. The lowest BCUT2D eigenvalue weighted by Gasteiger charge is -2.30. The van der Waals surface area contributed by atoms with Crippen LogP contribution in [-0.4, -0.2) is 33.6 Å². The van der Waals surface area contributed by atoms with Gasteiger partial charge in [0, 0.05) is 6.20 Å². The molecule has 1 N–H and O–H groups in total. The van der Waals surface area contributed by atoms with Gasteiger partial charge in [0.05, 0.1) is 17.4 Å². The predicted octanol–water partition coefficient (Wildman–Crippen LogP) is 2.13. The lowest BCUT2D eigenvalue weighted by Crippen LogP contribution is -2.36. The zero-order valence-electron chi connectivity index (χ0n) is 11.1. The van der Waals surface area contributed by atoms with Crippen molar-refractivity contribution in [3.05, 3.63) is 24.0 Å². The molecular formula is C13H19NO4. The number of carboxylic acid groups (broad SMARTS) is 1. The minimum absolute atomic E-state index is 0.326. The molecule has 1 aromatic rings. The van der Waals surface area contributed by atoms with Gasteiger partial charge in [-0.25, -0.2) is 4.79 Å². The van der Waals surface area contributed by atoms with E-state index >= 15 is 0 Å². The monoisotopic (exact) mass is 253 g/mol. The Morgan fingerprint density at radius 2 is 2.11 bits per heavy atom. The van der Waals surface area contributed by atoms with E-state index in [0.29, 0.717) is 12.0 Å². The summed E-state index contributed by atoms with van der Waals surface area (Å²) in [6.07, 6.45) is 1.67. The van der Waals surface area contributed by atoms with Gasteiger partial charge in [0.15, 0.2) is 12.3 Å². The molecule has 0 unspecified atom stereocenters. The van der Waals surface area contributed by atoms with E-state index in [1.807, 2.05) is 20.8 Å². The number of hydrogen-bond donors (Lipinski definition) is 1. The van der Waals surface area contributed by atoms with Gasteiger partial charge in [-0.05, 0) is 39.8 Å². The Hall–Kier alpha value is -1.62. The number of aldehydes is 1. The molecule has 1 heterocycles. The Morgan fingerprint density at radius 3 is 2.56 bits per heavy atom. The van der Waals surface area contributed by atoms with Crippen molar-refractivity contribution in [2.45, 2.75) is 45.4 Å². The number of carboxylic acids is 1. The maximum atomic E-state index is 11.4. The quantitative estimate of drug-likeness (QED) is 0.816. The zero-order valence-corrected chi connectivity index (χ0v) is 11.1. The van der Waals surface area contributed by atoms with Gasteiger partial charge in [-0.15, -0.1) is 0 Å². The zero-order chi connectivity index (χ0) is 13.9. The number of carbonyl (C=O) groups excluding carboxylic acids is 1. The van der Waals surface area contributed by atoms with Crippen LogP contribution in [0.1, 0.15) is 44.2 Å². The lowest BCUT2D eigenvalue weighted by atomic mass is 10.1. The Bertz CT molecular complexity index is 430. The number of nitrogens with zero attached hydrogens (tertiary/aromatic N) is 1. The Kier molecular flexibility index (Phi) is 4.29. The molecule has 0 aliphatic carbocycles. The standard InChI is InChI=1S/C13H19NO4/c1-9(18-13(2,3)4)11(12(16)17)14-7-5-6-10(14)8-15/h5-9,11H,1-4H3,(H,16,17)/t9-,11+/m1/s1. The molecule has 18 heavy (non-hydrogen) atoms. The molecule has 100 valence electrons. The molecule has 0 bridgehead atoms. The molecule has 0 aromatic carbocycles. The van der Waals surface area contributed by atoms with Crippen molar-refractivity contribution in [1.82, 2.24) is 4.57 Å². The van der Waals surface area contributed by atoms with Crippen LogP contribution in [0.3, 0.4) is 0 Å². The third-order valence-electron chi connectivity index (χ3n) is 2.47. The van der Waals surface area contributed by atoms with Crippen LogP contribution in [-0.2, 0) is 9.53 Å². The average Bonchev–Trinajstić information content (AvgIpc) is 2.62. The fourth-order valence-corrected chi connectivity index (χ4v) is 1.93. The second-order valence-electron chi connectivity index (χ2n) is 5.18. The third-order valence-corrected chi connectivity index (χ3v) is 2.47. The van der Waals surface area contributed by atoms with Crippen LogP contribution >= 0.6 is 0 Å². The number of ether oxygens (including phenoxy) is 1. The molecule has 0 radical (unpaired) electrons. The summed E-state index contributed by atoms with van der Waals surface area (Å²) in [4.78, 5) is 22.2. The van der Waals surface area contributed by atoms with Gasteiger partial charge in [-0.2, -0.15) is 0 Å². The van der Waals surface area contributed by atoms with Gasteiger partial charge in [0.1, 0.15) is 0 Å². The van der Waals surface area contributed by atoms with E-state index in [9.17, 15) is 14.7 Å². The van der Waals surface area contributed by atoms with Gasteiger partial charge in [0.2, 0.25) is 0 Å². The van der Waals surface area contributed by atoms with Crippen LogP contribution in [0, 0.1) is 0 Å². The molecule has 0 saturated heterocycles. The molecule has 0 amide bonds. The second kappa shape index (κ2) is 5.35. The summed E-state index contributed by atoms with van der Waals surface area (Å²) in [7, 11) is 0. The number of carbonyl (C=O) groups is 2. The summed E-state index contributed by atoms with van der Waals surface area (Å²) < 4.78 is 7.09. The van der Waals surface area contributed by atoms with Crippen LogP contribution < -0.4 is 0 Å². The van der Waals surface area contributed by atoms with E-state index in [4.69, 9.17) is 4.74 Å². The first-order valence-corrected chi connectivity index (χ1v) is 5.79. The molecule has 0 saturated carbocycles. The van der Waals surface area contributed by atoms with E-state index in [-0.39, 0.29) is 0 Å². The van der Waals surface area contributed by atoms with Crippen molar-refractivity contribution in [1.29, 1.82) is 0 Å². The van der Waals surface area contributed by atoms with Crippen LogP contribution in [0.4, 0.5) is 0 Å². The van der Waals surface area contributed by atoms with Crippen molar-refractivity contribution in [2.24, 2.45) is 0 Å². The van der Waals surface area contributed by atoms with Crippen LogP contribution in [0.5, 0.6) is 0 Å². The Labute approximate surface area is 106 Å². The number of hydrogen-bond acceptors (Lipinski definition) is 3. The van der Waals surface area contributed by atoms with Crippen molar-refractivity contribution < 1.29 is 19.4 Å². The highest BCUT2D eigenvalue weighted by Gasteiger charge is 2.31. The Balaban J connectivity index is 3.04. The lowest BCUT2D eigenvalue weighted by molar-refractivity contribution is -0.150. The average molecular weight is 253 g/mol. The van der Waals surface area contributed by atoms with Crippen molar-refractivity contribution in [3.63, 3.8) is 0 Å². The van der Waals surface area contributed by atoms with Crippen molar-refractivity contribution >= 4 is 12.3 Å². The van der Waals surface area contributed by atoms with E-state index in [2.05, 4.69) is 0 Å². The van der Waals surface area contributed by atoms with E-state index in [1.54, 1.807) is 25.3 Å². The molecular weight excluding hydrogens is 234 g/mol. The maximum absolute atomic E-state index is 11.4. The third kappa shape index (κ3) is 3.43. The smallest absolute Gasteiger partial charge is 0.329 e. The van der Waals surface area contributed by atoms with E-state index in [0.717, 1.165) is 0 Å². The van der Waals surface area contributed by atoms with Crippen LogP contribution in [0.25, 0.3) is 0 Å². The second-order valence-corrected chi connectivity index (χ2v) is 5.18. The number of aliphatic carboxylic acids is 1. The fourth-order valence-electron chi connectivity index (χ4n) is 1.93.